The fourth-order valence-corrected chi connectivity index (χ4v) is 3.17. The minimum Gasteiger partial charge on any atom is -0.364 e. The third-order valence-corrected chi connectivity index (χ3v) is 4.50. The van der Waals surface area contributed by atoms with Crippen LogP contribution in [0.5, 0.6) is 0 Å². The van der Waals surface area contributed by atoms with Crippen LogP contribution in [0.4, 0.5) is 0 Å². The van der Waals surface area contributed by atoms with Gasteiger partial charge in [-0.2, -0.15) is 0 Å². The smallest absolute Gasteiger partial charge is 0.127 e. The summed E-state index contributed by atoms with van der Waals surface area (Å²) in [6.45, 7) is 5.16. The van der Waals surface area contributed by atoms with Gasteiger partial charge in [0.1, 0.15) is 6.26 Å². The number of hydrogen-bond acceptors (Lipinski definition) is 4. The summed E-state index contributed by atoms with van der Waals surface area (Å²) in [5, 5.41) is 4.12. The van der Waals surface area contributed by atoms with Crippen molar-refractivity contribution < 1.29 is 4.52 Å². The first-order valence-electron chi connectivity index (χ1n) is 7.92. The highest BCUT2D eigenvalue weighted by molar-refractivity contribution is 5.62. The first-order valence-corrected chi connectivity index (χ1v) is 7.92. The molecule has 1 aromatic carbocycles. The number of likely N-dealkylation sites (tertiary alicyclic amines) is 1. The molecule has 0 radical (unpaired) electrons. The van der Waals surface area contributed by atoms with Crippen LogP contribution in [0, 0.1) is 6.92 Å². The van der Waals surface area contributed by atoms with Crippen LogP contribution in [-0.2, 0) is 6.54 Å². The van der Waals surface area contributed by atoms with Gasteiger partial charge in [-0.05, 0) is 35.7 Å². The summed E-state index contributed by atoms with van der Waals surface area (Å²) in [7, 11) is 0. The SMILES string of the molecule is Cc1conc1C1CN(Cc2ccc(-c3ccncc3)cc2)C1. The molecule has 3 aromatic rings. The summed E-state index contributed by atoms with van der Waals surface area (Å²) in [4.78, 5) is 6.51. The van der Waals surface area contributed by atoms with E-state index in [4.69, 9.17) is 4.52 Å². The molecule has 2 aromatic heterocycles. The van der Waals surface area contributed by atoms with Gasteiger partial charge in [0.15, 0.2) is 0 Å². The average Bonchev–Trinajstić information content (AvgIpc) is 2.97. The van der Waals surface area contributed by atoms with Gasteiger partial charge in [0.2, 0.25) is 0 Å². The van der Waals surface area contributed by atoms with E-state index in [-0.39, 0.29) is 0 Å². The Morgan fingerprint density at radius 1 is 1.04 bits per heavy atom. The van der Waals surface area contributed by atoms with Crippen LogP contribution < -0.4 is 0 Å². The van der Waals surface area contributed by atoms with Crippen LogP contribution in [0.25, 0.3) is 11.1 Å². The molecular formula is C19H19N3O. The second-order valence-corrected chi connectivity index (χ2v) is 6.21. The fraction of sp³-hybridized carbons (Fsp3) is 0.263. The Kier molecular flexibility index (Phi) is 3.67. The third kappa shape index (κ3) is 2.90. The molecule has 0 amide bonds. The van der Waals surface area contributed by atoms with Gasteiger partial charge in [0.25, 0.3) is 0 Å². The highest BCUT2D eigenvalue weighted by Crippen LogP contribution is 2.29. The van der Waals surface area contributed by atoms with Crippen molar-refractivity contribution in [1.82, 2.24) is 15.0 Å². The standard InChI is InChI=1S/C19H19N3O/c1-14-13-23-21-19(14)18-11-22(12-18)10-15-2-4-16(5-3-15)17-6-8-20-9-7-17/h2-9,13,18H,10-12H2,1H3. The van der Waals surface area contributed by atoms with Gasteiger partial charge in [-0.1, -0.05) is 29.4 Å². The molecule has 0 atom stereocenters. The van der Waals surface area contributed by atoms with Crippen LogP contribution in [0.15, 0.2) is 59.6 Å². The van der Waals surface area contributed by atoms with Crippen molar-refractivity contribution in [2.24, 2.45) is 0 Å². The van der Waals surface area contributed by atoms with E-state index in [0.717, 1.165) is 30.9 Å². The number of aromatic nitrogens is 2. The number of pyridine rings is 1. The number of rotatable bonds is 4. The molecule has 0 N–H and O–H groups in total. The first kappa shape index (κ1) is 14.2. The Labute approximate surface area is 135 Å². The summed E-state index contributed by atoms with van der Waals surface area (Å²) < 4.78 is 5.04. The summed E-state index contributed by atoms with van der Waals surface area (Å²) >= 11 is 0. The summed E-state index contributed by atoms with van der Waals surface area (Å²) in [5.74, 6) is 0.518. The Bertz CT molecular complexity index is 774. The molecule has 1 aliphatic heterocycles. The van der Waals surface area contributed by atoms with Gasteiger partial charge in [0, 0.05) is 43.5 Å². The lowest BCUT2D eigenvalue weighted by Crippen LogP contribution is -2.44. The van der Waals surface area contributed by atoms with E-state index < -0.39 is 0 Å². The fourth-order valence-electron chi connectivity index (χ4n) is 3.17. The Hall–Kier alpha value is -2.46. The van der Waals surface area contributed by atoms with Gasteiger partial charge < -0.3 is 4.52 Å². The molecule has 3 heterocycles. The number of benzene rings is 1. The van der Waals surface area contributed by atoms with Gasteiger partial charge in [-0.15, -0.1) is 0 Å². The van der Waals surface area contributed by atoms with Crippen LogP contribution in [0.3, 0.4) is 0 Å². The molecule has 4 rings (SSSR count). The maximum atomic E-state index is 5.04. The van der Waals surface area contributed by atoms with Gasteiger partial charge in [0.05, 0.1) is 5.69 Å². The zero-order valence-electron chi connectivity index (χ0n) is 13.1. The second kappa shape index (κ2) is 5.97. The van der Waals surface area contributed by atoms with Crippen molar-refractivity contribution in [3.63, 3.8) is 0 Å². The zero-order valence-corrected chi connectivity index (χ0v) is 13.1. The Morgan fingerprint density at radius 3 is 2.39 bits per heavy atom. The van der Waals surface area contributed by atoms with Crippen LogP contribution >= 0.6 is 0 Å². The van der Waals surface area contributed by atoms with Gasteiger partial charge >= 0.3 is 0 Å². The first-order chi connectivity index (χ1) is 11.3. The predicted octanol–water partition coefficient (Wildman–Crippen LogP) is 3.64. The second-order valence-electron chi connectivity index (χ2n) is 6.21. The lowest BCUT2D eigenvalue weighted by atomic mass is 9.93. The third-order valence-electron chi connectivity index (χ3n) is 4.50. The minimum atomic E-state index is 0.518. The molecule has 1 aliphatic rings. The lowest BCUT2D eigenvalue weighted by Gasteiger charge is -2.38. The van der Waals surface area contributed by atoms with E-state index in [1.807, 2.05) is 24.5 Å². The van der Waals surface area contributed by atoms with Gasteiger partial charge in [-0.3, -0.25) is 9.88 Å². The van der Waals surface area contributed by atoms with E-state index in [9.17, 15) is 0 Å². The molecular weight excluding hydrogens is 286 g/mol. The normalized spacial score (nSPS) is 15.5. The van der Waals surface area contributed by atoms with Crippen molar-refractivity contribution >= 4 is 0 Å². The monoisotopic (exact) mass is 305 g/mol. The van der Waals surface area contributed by atoms with Gasteiger partial charge in [-0.25, -0.2) is 0 Å². The Morgan fingerprint density at radius 2 is 1.74 bits per heavy atom. The van der Waals surface area contributed by atoms with Crippen molar-refractivity contribution in [3.8, 4) is 11.1 Å². The molecule has 0 unspecified atom stereocenters. The van der Waals surface area contributed by atoms with Crippen molar-refractivity contribution in [2.75, 3.05) is 13.1 Å². The molecule has 23 heavy (non-hydrogen) atoms. The predicted molar refractivity (Wildman–Crippen MR) is 88.9 cm³/mol. The molecule has 0 saturated carbocycles. The largest absolute Gasteiger partial charge is 0.364 e. The number of nitrogens with zero attached hydrogens (tertiary/aromatic N) is 3. The molecule has 0 spiro atoms. The highest BCUT2D eigenvalue weighted by Gasteiger charge is 2.31. The summed E-state index contributed by atoms with van der Waals surface area (Å²) in [6.07, 6.45) is 5.39. The van der Waals surface area contributed by atoms with Crippen molar-refractivity contribution in [1.29, 1.82) is 0 Å². The summed E-state index contributed by atoms with van der Waals surface area (Å²) in [5.41, 5.74) is 6.07. The molecule has 4 heteroatoms. The molecule has 4 nitrogen and oxygen atoms in total. The molecule has 0 aliphatic carbocycles. The molecule has 1 saturated heterocycles. The van der Waals surface area contributed by atoms with Crippen LogP contribution in [0.1, 0.15) is 22.7 Å². The topological polar surface area (TPSA) is 42.2 Å². The maximum absolute atomic E-state index is 5.04. The van der Waals surface area contributed by atoms with E-state index in [1.165, 1.54) is 16.7 Å². The number of aryl methyl sites for hydroxylation is 1. The molecule has 116 valence electrons. The van der Waals surface area contributed by atoms with E-state index in [1.54, 1.807) is 6.26 Å². The van der Waals surface area contributed by atoms with E-state index >= 15 is 0 Å². The lowest BCUT2D eigenvalue weighted by molar-refractivity contribution is 0.134. The molecule has 1 fully saturated rings. The average molecular weight is 305 g/mol. The quantitative estimate of drug-likeness (QED) is 0.738. The van der Waals surface area contributed by atoms with E-state index in [0.29, 0.717) is 5.92 Å². The highest BCUT2D eigenvalue weighted by atomic mass is 16.5. The van der Waals surface area contributed by atoms with Crippen LogP contribution in [0.2, 0.25) is 0 Å². The molecule has 0 bridgehead atoms. The van der Waals surface area contributed by atoms with Crippen LogP contribution in [-0.4, -0.2) is 28.1 Å². The summed E-state index contributed by atoms with van der Waals surface area (Å²) in [6, 6.07) is 12.9. The minimum absolute atomic E-state index is 0.518. The van der Waals surface area contributed by atoms with E-state index in [2.05, 4.69) is 46.2 Å². The number of hydrogen-bond donors (Lipinski definition) is 0. The maximum Gasteiger partial charge on any atom is 0.127 e. The zero-order chi connectivity index (χ0) is 15.6. The van der Waals surface area contributed by atoms with Crippen molar-refractivity contribution in [3.05, 3.63) is 71.9 Å². The van der Waals surface area contributed by atoms with Crippen molar-refractivity contribution in [2.45, 2.75) is 19.4 Å². The Balaban J connectivity index is 1.37.